The van der Waals surface area contributed by atoms with Crippen molar-refractivity contribution in [3.8, 4) is 0 Å². The van der Waals surface area contributed by atoms with Crippen LogP contribution in [0.4, 0.5) is 0 Å². The average molecular weight is 290 g/mol. The van der Waals surface area contributed by atoms with Crippen molar-refractivity contribution in [1.82, 2.24) is 9.80 Å². The fourth-order valence-electron chi connectivity index (χ4n) is 3.27. The van der Waals surface area contributed by atoms with Crippen LogP contribution >= 0.6 is 12.4 Å². The molecule has 0 radical (unpaired) electrons. The molecule has 0 aromatic carbocycles. The van der Waals surface area contributed by atoms with E-state index in [-0.39, 0.29) is 18.4 Å². The first-order valence-electron chi connectivity index (χ1n) is 7.27. The zero-order chi connectivity index (χ0) is 13.1. The molecule has 0 spiro atoms. The van der Waals surface area contributed by atoms with E-state index in [9.17, 15) is 4.79 Å². The van der Waals surface area contributed by atoms with E-state index in [2.05, 4.69) is 11.9 Å². The third-order valence-corrected chi connectivity index (χ3v) is 4.78. The Balaban J connectivity index is 0.00000180. The number of rotatable bonds is 3. The molecule has 112 valence electrons. The second kappa shape index (κ2) is 7.46. The van der Waals surface area contributed by atoms with Gasteiger partial charge in [-0.2, -0.15) is 0 Å². The fraction of sp³-hybridized carbons (Fsp3) is 0.929. The van der Waals surface area contributed by atoms with E-state index in [0.29, 0.717) is 24.3 Å². The highest BCUT2D eigenvalue weighted by molar-refractivity contribution is 5.85. The Morgan fingerprint density at radius 1 is 1.26 bits per heavy atom. The second-order valence-electron chi connectivity index (χ2n) is 6.10. The van der Waals surface area contributed by atoms with Gasteiger partial charge in [-0.25, -0.2) is 0 Å². The van der Waals surface area contributed by atoms with E-state index in [1.165, 1.54) is 6.42 Å². The molecule has 2 aliphatic rings. The number of hydrogen-bond donors (Lipinski definition) is 1. The summed E-state index contributed by atoms with van der Waals surface area (Å²) in [4.78, 5) is 16.6. The molecule has 0 aromatic rings. The standard InChI is InChI=1S/C14H27N3O.ClH/c1-16-8-6-12(7-9-16)17(2)14(18)10-11-4-3-5-13(11)15;/h11-13H,3-10,15H2,1-2H3;1H/t11-,13+;/m0./s1. The fourth-order valence-corrected chi connectivity index (χ4v) is 3.27. The molecular formula is C14H28ClN3O. The summed E-state index contributed by atoms with van der Waals surface area (Å²) < 4.78 is 0. The molecule has 1 amide bonds. The lowest BCUT2D eigenvalue weighted by Crippen LogP contribution is -2.45. The Hall–Kier alpha value is -0.320. The van der Waals surface area contributed by atoms with Gasteiger partial charge in [0.25, 0.3) is 0 Å². The highest BCUT2D eigenvalue weighted by Crippen LogP contribution is 2.28. The van der Waals surface area contributed by atoms with E-state index in [1.54, 1.807) is 0 Å². The van der Waals surface area contributed by atoms with Gasteiger partial charge >= 0.3 is 0 Å². The monoisotopic (exact) mass is 289 g/mol. The van der Waals surface area contributed by atoms with Crippen molar-refractivity contribution < 1.29 is 4.79 Å². The van der Waals surface area contributed by atoms with Crippen LogP contribution in [0.15, 0.2) is 0 Å². The lowest BCUT2D eigenvalue weighted by Gasteiger charge is -2.35. The van der Waals surface area contributed by atoms with Crippen molar-refractivity contribution >= 4 is 18.3 Å². The number of hydrogen-bond acceptors (Lipinski definition) is 3. The largest absolute Gasteiger partial charge is 0.343 e. The molecule has 19 heavy (non-hydrogen) atoms. The first kappa shape index (κ1) is 16.7. The first-order valence-corrected chi connectivity index (χ1v) is 7.27. The van der Waals surface area contributed by atoms with Gasteiger partial charge in [0.2, 0.25) is 5.91 Å². The summed E-state index contributed by atoms with van der Waals surface area (Å²) >= 11 is 0. The van der Waals surface area contributed by atoms with Crippen LogP contribution in [-0.2, 0) is 4.79 Å². The predicted octanol–water partition coefficient (Wildman–Crippen LogP) is 1.48. The number of amides is 1. The minimum atomic E-state index is 0. The van der Waals surface area contributed by atoms with E-state index in [1.807, 2.05) is 11.9 Å². The van der Waals surface area contributed by atoms with Gasteiger partial charge in [0.1, 0.15) is 0 Å². The van der Waals surface area contributed by atoms with Crippen LogP contribution in [-0.4, -0.2) is 55.0 Å². The number of piperidine rings is 1. The highest BCUT2D eigenvalue weighted by Gasteiger charge is 2.29. The van der Waals surface area contributed by atoms with Crippen molar-refractivity contribution in [3.63, 3.8) is 0 Å². The Bertz CT molecular complexity index is 292. The number of carbonyl (C=O) groups is 1. The molecule has 2 fully saturated rings. The first-order chi connectivity index (χ1) is 8.58. The number of halogens is 1. The molecule has 2 N–H and O–H groups in total. The van der Waals surface area contributed by atoms with Gasteiger partial charge in [-0.3, -0.25) is 4.79 Å². The van der Waals surface area contributed by atoms with E-state index in [4.69, 9.17) is 5.73 Å². The quantitative estimate of drug-likeness (QED) is 0.856. The van der Waals surface area contributed by atoms with E-state index >= 15 is 0 Å². The van der Waals surface area contributed by atoms with Crippen LogP contribution in [0.3, 0.4) is 0 Å². The van der Waals surface area contributed by atoms with Crippen LogP contribution in [0.2, 0.25) is 0 Å². The van der Waals surface area contributed by atoms with Gasteiger partial charge < -0.3 is 15.5 Å². The maximum Gasteiger partial charge on any atom is 0.222 e. The van der Waals surface area contributed by atoms with Gasteiger partial charge in [-0.15, -0.1) is 12.4 Å². The van der Waals surface area contributed by atoms with Gasteiger partial charge in [-0.05, 0) is 51.7 Å². The lowest BCUT2D eigenvalue weighted by atomic mass is 9.98. The molecule has 1 saturated carbocycles. The third-order valence-electron chi connectivity index (χ3n) is 4.78. The molecule has 2 atom stereocenters. The van der Waals surface area contributed by atoms with Gasteiger partial charge in [0.05, 0.1) is 0 Å². The summed E-state index contributed by atoms with van der Waals surface area (Å²) in [5.74, 6) is 0.720. The smallest absolute Gasteiger partial charge is 0.222 e. The molecule has 4 nitrogen and oxygen atoms in total. The Morgan fingerprint density at radius 2 is 1.89 bits per heavy atom. The van der Waals surface area contributed by atoms with Crippen LogP contribution in [0.1, 0.15) is 38.5 Å². The van der Waals surface area contributed by atoms with Crippen molar-refractivity contribution in [2.75, 3.05) is 27.2 Å². The molecule has 0 unspecified atom stereocenters. The molecule has 1 saturated heterocycles. The van der Waals surface area contributed by atoms with Crippen molar-refractivity contribution in [3.05, 3.63) is 0 Å². The zero-order valence-electron chi connectivity index (χ0n) is 12.2. The Morgan fingerprint density at radius 3 is 2.42 bits per heavy atom. The molecule has 0 aromatic heterocycles. The predicted molar refractivity (Wildman–Crippen MR) is 80.5 cm³/mol. The third kappa shape index (κ3) is 4.33. The molecule has 0 bridgehead atoms. The second-order valence-corrected chi connectivity index (χ2v) is 6.10. The SMILES string of the molecule is CN1CCC(N(C)C(=O)C[C@@H]2CCC[C@H]2N)CC1.Cl. The summed E-state index contributed by atoms with van der Waals surface area (Å²) in [6.45, 7) is 2.20. The molecule has 1 aliphatic heterocycles. The summed E-state index contributed by atoms with van der Waals surface area (Å²) in [7, 11) is 4.12. The molecule has 2 rings (SSSR count). The minimum absolute atomic E-state index is 0. The number of nitrogens with two attached hydrogens (primary N) is 1. The van der Waals surface area contributed by atoms with Gasteiger partial charge in [0, 0.05) is 25.6 Å². The molecule has 5 heteroatoms. The summed E-state index contributed by atoms with van der Waals surface area (Å²) in [6, 6.07) is 0.686. The molecule has 1 heterocycles. The minimum Gasteiger partial charge on any atom is -0.343 e. The van der Waals surface area contributed by atoms with Gasteiger partial charge in [-0.1, -0.05) is 6.42 Å². The number of carbonyl (C=O) groups excluding carboxylic acids is 1. The topological polar surface area (TPSA) is 49.6 Å². The maximum absolute atomic E-state index is 12.3. The summed E-state index contributed by atoms with van der Waals surface area (Å²) in [6.07, 6.45) is 6.29. The van der Waals surface area contributed by atoms with Crippen LogP contribution in [0.25, 0.3) is 0 Å². The van der Waals surface area contributed by atoms with Crippen molar-refractivity contribution in [2.45, 2.75) is 50.6 Å². The Kier molecular flexibility index (Phi) is 6.57. The highest BCUT2D eigenvalue weighted by atomic mass is 35.5. The Labute approximate surface area is 123 Å². The summed E-state index contributed by atoms with van der Waals surface area (Å²) in [5, 5.41) is 0. The normalized spacial score (nSPS) is 29.0. The van der Waals surface area contributed by atoms with Crippen molar-refractivity contribution in [2.24, 2.45) is 11.7 Å². The average Bonchev–Trinajstić information content (AvgIpc) is 2.75. The summed E-state index contributed by atoms with van der Waals surface area (Å²) in [5.41, 5.74) is 6.05. The molecular weight excluding hydrogens is 262 g/mol. The maximum atomic E-state index is 12.3. The van der Waals surface area contributed by atoms with E-state index in [0.717, 1.165) is 38.8 Å². The lowest BCUT2D eigenvalue weighted by molar-refractivity contribution is -0.133. The zero-order valence-corrected chi connectivity index (χ0v) is 13.0. The van der Waals surface area contributed by atoms with Crippen LogP contribution in [0, 0.1) is 5.92 Å². The van der Waals surface area contributed by atoms with Crippen molar-refractivity contribution in [1.29, 1.82) is 0 Å². The van der Waals surface area contributed by atoms with E-state index < -0.39 is 0 Å². The number of nitrogens with zero attached hydrogens (tertiary/aromatic N) is 2. The number of likely N-dealkylation sites (tertiary alicyclic amines) is 1. The van der Waals surface area contributed by atoms with Gasteiger partial charge in [0.15, 0.2) is 0 Å². The molecule has 1 aliphatic carbocycles. The van der Waals surface area contributed by atoms with Crippen LogP contribution < -0.4 is 5.73 Å². The van der Waals surface area contributed by atoms with Crippen LogP contribution in [0.5, 0.6) is 0 Å².